The lowest BCUT2D eigenvalue weighted by molar-refractivity contribution is -0.166. The van der Waals surface area contributed by atoms with Gasteiger partial charge < -0.3 is 23.7 Å². The minimum Gasteiger partial charge on any atom is -0.463 e. The summed E-state index contributed by atoms with van der Waals surface area (Å²) in [5, 5.41) is 0. The second kappa shape index (κ2) is 12.4. The van der Waals surface area contributed by atoms with Gasteiger partial charge in [0, 0.05) is 45.3 Å². The molecule has 1 aliphatic rings. The van der Waals surface area contributed by atoms with Crippen LogP contribution >= 0.6 is 0 Å². The summed E-state index contributed by atoms with van der Waals surface area (Å²) in [4.78, 5) is 65.7. The van der Waals surface area contributed by atoms with Gasteiger partial charge in [0.05, 0.1) is 12.2 Å². The maximum Gasteiger partial charge on any atom is 0.333 e. The fourth-order valence-corrected chi connectivity index (χ4v) is 4.18. The van der Waals surface area contributed by atoms with E-state index in [2.05, 4.69) is 4.98 Å². The van der Waals surface area contributed by atoms with E-state index < -0.39 is 53.7 Å². The highest BCUT2D eigenvalue weighted by Crippen LogP contribution is 2.33. The molecule has 40 heavy (non-hydrogen) atoms. The molecule has 3 aromatic rings. The first-order valence-corrected chi connectivity index (χ1v) is 12.3. The molecule has 4 atom stereocenters. The van der Waals surface area contributed by atoms with Gasteiger partial charge in [-0.1, -0.05) is 18.2 Å². The highest BCUT2D eigenvalue weighted by atomic mass is 16.7. The van der Waals surface area contributed by atoms with Gasteiger partial charge in [-0.2, -0.15) is 0 Å². The Kier molecular flexibility index (Phi) is 8.74. The molecule has 1 fully saturated rings. The van der Waals surface area contributed by atoms with E-state index in [1.54, 1.807) is 24.3 Å². The largest absolute Gasteiger partial charge is 0.463 e. The van der Waals surface area contributed by atoms with Crippen LogP contribution in [-0.2, 0) is 39.9 Å². The van der Waals surface area contributed by atoms with Crippen molar-refractivity contribution in [2.45, 2.75) is 51.9 Å². The zero-order valence-corrected chi connectivity index (χ0v) is 21.9. The van der Waals surface area contributed by atoms with Crippen molar-refractivity contribution in [1.82, 2.24) is 14.1 Å². The lowest BCUT2D eigenvalue weighted by Crippen LogP contribution is -2.45. The summed E-state index contributed by atoms with van der Waals surface area (Å²) in [7, 11) is 0. The third-order valence-electron chi connectivity index (χ3n) is 5.80. The molecule has 4 rings (SSSR count). The van der Waals surface area contributed by atoms with Crippen molar-refractivity contribution in [3.63, 3.8) is 0 Å². The quantitative estimate of drug-likeness (QED) is 0.280. The van der Waals surface area contributed by atoms with E-state index in [1.807, 2.05) is 18.2 Å². The molecule has 3 heterocycles. The molecule has 0 spiro atoms. The van der Waals surface area contributed by atoms with Gasteiger partial charge in [0.1, 0.15) is 24.2 Å². The smallest absolute Gasteiger partial charge is 0.333 e. The normalized spacial score (nSPS) is 20.0. The Balaban J connectivity index is 1.66. The van der Waals surface area contributed by atoms with E-state index in [4.69, 9.17) is 23.7 Å². The zero-order valence-electron chi connectivity index (χ0n) is 21.9. The van der Waals surface area contributed by atoms with Crippen molar-refractivity contribution in [2.75, 3.05) is 6.61 Å². The lowest BCUT2D eigenvalue weighted by Gasteiger charge is -2.24. The van der Waals surface area contributed by atoms with Crippen LogP contribution < -0.4 is 16.0 Å². The van der Waals surface area contributed by atoms with Gasteiger partial charge in [-0.25, -0.2) is 4.79 Å². The maximum absolute atomic E-state index is 13.5. The number of pyridine rings is 1. The van der Waals surface area contributed by atoms with Gasteiger partial charge in [0.25, 0.3) is 5.56 Å². The third-order valence-corrected chi connectivity index (χ3v) is 5.80. The first-order chi connectivity index (χ1) is 19.1. The van der Waals surface area contributed by atoms with Crippen molar-refractivity contribution in [3.8, 4) is 11.5 Å². The molecule has 1 saturated heterocycles. The Hall–Kier alpha value is -4.78. The van der Waals surface area contributed by atoms with Crippen LogP contribution in [0.1, 0.15) is 32.7 Å². The van der Waals surface area contributed by atoms with Crippen molar-refractivity contribution in [3.05, 3.63) is 87.5 Å². The number of aromatic nitrogens is 3. The lowest BCUT2D eigenvalue weighted by atomic mass is 10.1. The van der Waals surface area contributed by atoms with Gasteiger partial charge >= 0.3 is 23.6 Å². The average Bonchev–Trinajstić information content (AvgIpc) is 3.21. The average molecular weight is 554 g/mol. The maximum atomic E-state index is 13.5. The van der Waals surface area contributed by atoms with Crippen LogP contribution in [0.2, 0.25) is 0 Å². The fraction of sp³-hybridized carbons (Fsp3) is 0.333. The molecule has 0 N–H and O–H groups in total. The Labute approximate surface area is 227 Å². The Morgan fingerprint density at radius 3 is 2.27 bits per heavy atom. The summed E-state index contributed by atoms with van der Waals surface area (Å²) < 4.78 is 29.4. The number of hydrogen-bond donors (Lipinski definition) is 0. The topological polar surface area (TPSA) is 154 Å². The third kappa shape index (κ3) is 6.80. The molecule has 0 bridgehead atoms. The van der Waals surface area contributed by atoms with Gasteiger partial charge in [0.15, 0.2) is 18.4 Å². The van der Waals surface area contributed by atoms with Gasteiger partial charge in [-0.15, -0.1) is 0 Å². The first kappa shape index (κ1) is 28.2. The Bertz CT molecular complexity index is 1500. The summed E-state index contributed by atoms with van der Waals surface area (Å²) in [6.45, 7) is 2.93. The number of carbonyl (C=O) groups excluding carboxylic acids is 3. The first-order valence-electron chi connectivity index (χ1n) is 12.3. The molecular weight excluding hydrogens is 526 g/mol. The number of esters is 3. The SMILES string of the molecule is CC(=O)OC[C@H]1O[C@@H](n2ccc(=O)n(Cc3cc(Oc4ccccc4)ccn3)c2=O)[C@H](OC(C)=O)[C@@H]1OC(C)=O. The summed E-state index contributed by atoms with van der Waals surface area (Å²) in [5.41, 5.74) is -1.06. The van der Waals surface area contributed by atoms with E-state index in [0.717, 1.165) is 29.0 Å². The summed E-state index contributed by atoms with van der Waals surface area (Å²) in [6, 6.07) is 13.4. The van der Waals surface area contributed by atoms with E-state index in [0.29, 0.717) is 17.2 Å². The molecular formula is C27H27N3O10. The highest BCUT2D eigenvalue weighted by Gasteiger charge is 2.51. The molecule has 13 heteroatoms. The van der Waals surface area contributed by atoms with E-state index in [9.17, 15) is 24.0 Å². The van der Waals surface area contributed by atoms with Crippen molar-refractivity contribution in [1.29, 1.82) is 0 Å². The standard InChI is InChI=1S/C27H27N3O10/c1-16(31)36-15-22-24(37-17(2)32)25(38-18(3)33)26(40-22)29-12-10-23(34)30(27(29)35)14-19-13-21(9-11-28-19)39-20-7-5-4-6-8-20/h4-13,22,24-26H,14-15H2,1-3H3/t22-,24-,25-,26-/m1/s1. The van der Waals surface area contributed by atoms with Gasteiger partial charge in [-0.05, 0) is 18.2 Å². The molecule has 0 aliphatic carbocycles. The number of nitrogens with zero attached hydrogens (tertiary/aromatic N) is 3. The molecule has 210 valence electrons. The van der Waals surface area contributed by atoms with E-state index in [-0.39, 0.29) is 13.2 Å². The second-order valence-corrected chi connectivity index (χ2v) is 8.84. The number of benzene rings is 1. The molecule has 1 aromatic carbocycles. The van der Waals surface area contributed by atoms with Crippen LogP contribution in [0, 0.1) is 0 Å². The number of rotatable bonds is 9. The van der Waals surface area contributed by atoms with Crippen molar-refractivity contribution >= 4 is 17.9 Å². The molecule has 0 radical (unpaired) electrons. The zero-order chi connectivity index (χ0) is 28.8. The number of ether oxygens (including phenoxy) is 5. The van der Waals surface area contributed by atoms with Gasteiger partial charge in [0.2, 0.25) is 0 Å². The molecule has 1 aliphatic heterocycles. The van der Waals surface area contributed by atoms with Gasteiger partial charge in [-0.3, -0.25) is 33.3 Å². The monoisotopic (exact) mass is 553 g/mol. The molecule has 0 saturated carbocycles. The van der Waals surface area contributed by atoms with Crippen molar-refractivity contribution in [2.24, 2.45) is 0 Å². The number of para-hydroxylation sites is 1. The number of carbonyl (C=O) groups is 3. The predicted molar refractivity (Wildman–Crippen MR) is 136 cm³/mol. The summed E-state index contributed by atoms with van der Waals surface area (Å²) >= 11 is 0. The van der Waals surface area contributed by atoms with E-state index in [1.165, 1.54) is 19.3 Å². The Morgan fingerprint density at radius 2 is 1.60 bits per heavy atom. The molecule has 0 unspecified atom stereocenters. The van der Waals surface area contributed by atoms with Crippen LogP contribution in [0.4, 0.5) is 0 Å². The van der Waals surface area contributed by atoms with Crippen LogP contribution in [0.5, 0.6) is 11.5 Å². The highest BCUT2D eigenvalue weighted by molar-refractivity contribution is 5.68. The predicted octanol–water partition coefficient (Wildman–Crippen LogP) is 1.57. The molecule has 0 amide bonds. The minimum absolute atomic E-state index is 0.209. The number of hydrogen-bond acceptors (Lipinski definition) is 11. The van der Waals surface area contributed by atoms with E-state index >= 15 is 0 Å². The summed E-state index contributed by atoms with van der Waals surface area (Å²) in [6.07, 6.45) is -2.20. The molecule has 13 nitrogen and oxygen atoms in total. The van der Waals surface area contributed by atoms with Crippen LogP contribution in [0.15, 0.2) is 70.5 Å². The molecule has 2 aromatic heterocycles. The van der Waals surface area contributed by atoms with Crippen molar-refractivity contribution < 1.29 is 38.1 Å². The Morgan fingerprint density at radius 1 is 0.900 bits per heavy atom. The minimum atomic E-state index is -1.31. The van der Waals surface area contributed by atoms with Crippen LogP contribution in [-0.4, -0.2) is 56.9 Å². The fourth-order valence-electron chi connectivity index (χ4n) is 4.18. The van der Waals surface area contributed by atoms with Crippen LogP contribution in [0.3, 0.4) is 0 Å². The van der Waals surface area contributed by atoms with Crippen LogP contribution in [0.25, 0.3) is 0 Å². The second-order valence-electron chi connectivity index (χ2n) is 8.84. The summed E-state index contributed by atoms with van der Waals surface area (Å²) in [5.74, 6) is -1.01.